The van der Waals surface area contributed by atoms with Gasteiger partial charge in [0.2, 0.25) is 0 Å². The molecule has 0 spiro atoms. The normalized spacial score (nSPS) is 23.0. The SMILES string of the molecule is COc1ccc(CC2CCCC2)cc1C1=C(CN2C(=O)O[C@H](c3cc(C(F)(F)F)cc(C(F)(F)F)c3)[C@@H]2C)CC(C)(C)CC1. The zero-order chi connectivity index (χ0) is 32.0. The average molecular weight is 624 g/mol. The van der Waals surface area contributed by atoms with Gasteiger partial charge in [0.05, 0.1) is 24.3 Å². The van der Waals surface area contributed by atoms with Gasteiger partial charge in [-0.25, -0.2) is 4.79 Å². The van der Waals surface area contributed by atoms with E-state index in [1.807, 2.05) is 6.07 Å². The highest BCUT2D eigenvalue weighted by atomic mass is 19.4. The number of benzene rings is 2. The monoisotopic (exact) mass is 623 g/mol. The highest BCUT2D eigenvalue weighted by molar-refractivity contribution is 5.77. The molecule has 10 heteroatoms. The van der Waals surface area contributed by atoms with Crippen LogP contribution in [0.5, 0.6) is 5.75 Å². The number of methoxy groups -OCH3 is 1. The first-order valence-corrected chi connectivity index (χ1v) is 15.2. The maximum absolute atomic E-state index is 13.6. The smallest absolute Gasteiger partial charge is 0.416 e. The van der Waals surface area contributed by atoms with Crippen molar-refractivity contribution in [3.63, 3.8) is 0 Å². The molecule has 0 N–H and O–H groups in total. The summed E-state index contributed by atoms with van der Waals surface area (Å²) in [6.45, 7) is 6.04. The third-order valence-corrected chi connectivity index (χ3v) is 9.45. The molecule has 1 amide bonds. The molecule has 5 rings (SSSR count). The molecule has 0 aromatic heterocycles. The van der Waals surface area contributed by atoms with Crippen molar-refractivity contribution in [1.82, 2.24) is 4.90 Å². The Balaban J connectivity index is 1.49. The Kier molecular flexibility index (Phi) is 8.77. The largest absolute Gasteiger partial charge is 0.496 e. The minimum atomic E-state index is -5.00. The van der Waals surface area contributed by atoms with Gasteiger partial charge in [-0.15, -0.1) is 0 Å². The van der Waals surface area contributed by atoms with Crippen LogP contribution in [0.25, 0.3) is 5.57 Å². The number of alkyl halides is 6. The van der Waals surface area contributed by atoms with E-state index in [4.69, 9.17) is 9.47 Å². The van der Waals surface area contributed by atoms with Crippen molar-refractivity contribution in [1.29, 1.82) is 0 Å². The minimum Gasteiger partial charge on any atom is -0.496 e. The molecule has 3 aliphatic rings. The number of amides is 1. The Hall–Kier alpha value is -3.17. The van der Waals surface area contributed by atoms with Crippen LogP contribution in [0.3, 0.4) is 0 Å². The van der Waals surface area contributed by atoms with Crippen molar-refractivity contribution in [3.8, 4) is 5.75 Å². The molecule has 2 aromatic rings. The number of rotatable bonds is 7. The molecule has 1 heterocycles. The first-order valence-electron chi connectivity index (χ1n) is 15.2. The van der Waals surface area contributed by atoms with E-state index in [0.717, 1.165) is 41.7 Å². The zero-order valence-electron chi connectivity index (χ0n) is 25.5. The standard InChI is InChI=1S/C34H39F6NO3/c1-20-30(23-15-25(33(35,36)37)17-26(16-23)34(38,39)40)44-31(42)41(20)19-24-18-32(2,3)12-11-27(24)28-14-22(9-10-29(28)43-4)13-21-7-5-6-8-21/h9-10,14-17,20-21,30H,5-8,11-13,18-19H2,1-4H3/t20-,30-/m0/s1. The zero-order valence-corrected chi connectivity index (χ0v) is 25.5. The van der Waals surface area contributed by atoms with E-state index in [-0.39, 0.29) is 23.6 Å². The van der Waals surface area contributed by atoms with Gasteiger partial charge in [-0.1, -0.05) is 45.6 Å². The summed E-state index contributed by atoms with van der Waals surface area (Å²) in [6, 6.07) is 6.83. The summed E-state index contributed by atoms with van der Waals surface area (Å²) in [4.78, 5) is 14.6. The number of cyclic esters (lactones) is 1. The molecule has 0 unspecified atom stereocenters. The lowest BCUT2D eigenvalue weighted by Gasteiger charge is -2.36. The van der Waals surface area contributed by atoms with Crippen LogP contribution in [0, 0.1) is 11.3 Å². The summed E-state index contributed by atoms with van der Waals surface area (Å²) >= 11 is 0. The fourth-order valence-electron chi connectivity index (χ4n) is 7.06. The summed E-state index contributed by atoms with van der Waals surface area (Å²) in [7, 11) is 1.62. The van der Waals surface area contributed by atoms with Gasteiger partial charge in [0.15, 0.2) is 0 Å². The van der Waals surface area contributed by atoms with E-state index in [2.05, 4.69) is 26.0 Å². The van der Waals surface area contributed by atoms with E-state index in [0.29, 0.717) is 24.5 Å². The average Bonchev–Trinajstić information content (AvgIpc) is 3.55. The molecule has 1 saturated heterocycles. The second kappa shape index (κ2) is 12.0. The number of nitrogens with zero attached hydrogens (tertiary/aromatic N) is 1. The van der Waals surface area contributed by atoms with Crippen LogP contribution in [0.15, 0.2) is 42.0 Å². The second-order valence-electron chi connectivity index (χ2n) is 13.3. The number of hydrogen-bond donors (Lipinski definition) is 0. The Labute approximate surface area is 254 Å². The lowest BCUT2D eigenvalue weighted by molar-refractivity contribution is -0.143. The van der Waals surface area contributed by atoms with Crippen LogP contribution in [0.1, 0.15) is 99.6 Å². The predicted octanol–water partition coefficient (Wildman–Crippen LogP) is 10.0. The predicted molar refractivity (Wildman–Crippen MR) is 155 cm³/mol. The van der Waals surface area contributed by atoms with Crippen molar-refractivity contribution < 1.29 is 40.6 Å². The number of allylic oxidation sites excluding steroid dienone is 1. The molecule has 44 heavy (non-hydrogen) atoms. The number of carbonyl (C=O) groups is 1. The number of ether oxygens (including phenoxy) is 2. The highest BCUT2D eigenvalue weighted by Gasteiger charge is 2.44. The molecular formula is C34H39F6NO3. The topological polar surface area (TPSA) is 38.8 Å². The molecule has 0 radical (unpaired) electrons. The maximum atomic E-state index is 13.6. The van der Waals surface area contributed by atoms with Crippen molar-refractivity contribution in [3.05, 3.63) is 69.8 Å². The van der Waals surface area contributed by atoms with Gasteiger partial charge in [0, 0.05) is 12.1 Å². The molecule has 1 saturated carbocycles. The third-order valence-electron chi connectivity index (χ3n) is 9.45. The number of hydrogen-bond acceptors (Lipinski definition) is 3. The van der Waals surface area contributed by atoms with Gasteiger partial charge < -0.3 is 9.47 Å². The van der Waals surface area contributed by atoms with Crippen LogP contribution in [-0.2, 0) is 23.5 Å². The maximum Gasteiger partial charge on any atom is 0.416 e. The molecule has 2 aromatic carbocycles. The van der Waals surface area contributed by atoms with Gasteiger partial charge in [-0.05, 0) is 96.5 Å². The highest BCUT2D eigenvalue weighted by Crippen LogP contribution is 2.47. The quantitative estimate of drug-likeness (QED) is 0.288. The van der Waals surface area contributed by atoms with Gasteiger partial charge in [-0.3, -0.25) is 4.90 Å². The van der Waals surface area contributed by atoms with E-state index in [1.54, 1.807) is 14.0 Å². The Morgan fingerprint density at radius 1 is 0.977 bits per heavy atom. The van der Waals surface area contributed by atoms with E-state index >= 15 is 0 Å². The lowest BCUT2D eigenvalue weighted by atomic mass is 9.72. The molecule has 2 atom stereocenters. The molecule has 2 aliphatic carbocycles. The van der Waals surface area contributed by atoms with Gasteiger partial charge in [-0.2, -0.15) is 26.3 Å². The summed E-state index contributed by atoms with van der Waals surface area (Å²) in [5, 5.41) is 0. The van der Waals surface area contributed by atoms with Crippen molar-refractivity contribution in [2.24, 2.45) is 11.3 Å². The Bertz CT molecular complexity index is 1390. The van der Waals surface area contributed by atoms with Crippen LogP contribution < -0.4 is 4.74 Å². The van der Waals surface area contributed by atoms with Crippen molar-refractivity contribution in [2.75, 3.05) is 13.7 Å². The molecule has 0 bridgehead atoms. The number of halogens is 6. The van der Waals surface area contributed by atoms with Gasteiger partial charge in [0.1, 0.15) is 11.9 Å². The first kappa shape index (κ1) is 32.2. The molecule has 4 nitrogen and oxygen atoms in total. The lowest BCUT2D eigenvalue weighted by Crippen LogP contribution is -2.35. The first-order chi connectivity index (χ1) is 20.6. The molecule has 1 aliphatic heterocycles. The van der Waals surface area contributed by atoms with Crippen LogP contribution in [0.4, 0.5) is 31.1 Å². The fourth-order valence-corrected chi connectivity index (χ4v) is 7.06. The third kappa shape index (κ3) is 6.89. The summed E-state index contributed by atoms with van der Waals surface area (Å²) in [5.74, 6) is 1.38. The Morgan fingerprint density at radius 3 is 2.20 bits per heavy atom. The minimum absolute atomic E-state index is 0.0670. The summed E-state index contributed by atoms with van der Waals surface area (Å²) < 4.78 is 92.6. The van der Waals surface area contributed by atoms with E-state index < -0.39 is 41.7 Å². The van der Waals surface area contributed by atoms with E-state index in [9.17, 15) is 31.1 Å². The second-order valence-corrected chi connectivity index (χ2v) is 13.3. The molecule has 240 valence electrons. The molecular weight excluding hydrogens is 584 g/mol. The van der Waals surface area contributed by atoms with Gasteiger partial charge in [0.25, 0.3) is 0 Å². The van der Waals surface area contributed by atoms with Crippen LogP contribution in [-0.4, -0.2) is 30.7 Å². The van der Waals surface area contributed by atoms with Crippen molar-refractivity contribution in [2.45, 2.75) is 96.6 Å². The van der Waals surface area contributed by atoms with E-state index in [1.165, 1.54) is 36.1 Å². The fraction of sp³-hybridized carbons (Fsp3) is 0.559. The van der Waals surface area contributed by atoms with Crippen LogP contribution in [0.2, 0.25) is 0 Å². The van der Waals surface area contributed by atoms with Crippen LogP contribution >= 0.6 is 0 Å². The summed E-state index contributed by atoms with van der Waals surface area (Å²) in [6.07, 6.45) is -3.82. The van der Waals surface area contributed by atoms with Crippen molar-refractivity contribution >= 4 is 11.7 Å². The summed E-state index contributed by atoms with van der Waals surface area (Å²) in [5.41, 5.74) is 0.970. The van der Waals surface area contributed by atoms with Gasteiger partial charge >= 0.3 is 18.4 Å². The molecule has 2 fully saturated rings. The Morgan fingerprint density at radius 2 is 1.61 bits per heavy atom. The number of carbonyl (C=O) groups excluding carboxylic acids is 1.